The van der Waals surface area contributed by atoms with Crippen LogP contribution in [0.15, 0.2) is 59.1 Å². The minimum atomic E-state index is -1.72. The van der Waals surface area contributed by atoms with Crippen LogP contribution in [0.4, 0.5) is 5.69 Å². The molecule has 1 amide bonds. The number of carbonyl (C=O) groups excluding carboxylic acids is 1. The average molecular weight is 423 g/mol. The lowest BCUT2D eigenvalue weighted by Crippen LogP contribution is -2.49. The van der Waals surface area contributed by atoms with Crippen LogP contribution in [0, 0.1) is 0 Å². The fourth-order valence-corrected chi connectivity index (χ4v) is 2.55. The third kappa shape index (κ3) is 4.78. The van der Waals surface area contributed by atoms with Gasteiger partial charge in [0.2, 0.25) is 3.79 Å². The standard InChI is InChI=1S/C15H12BrCl3N2O/c16-12-9-5-4-8-11(12)13(22)21-14(15(17,18)19)20-10-6-2-1-3-7-10/h1-9,14,20H,(H,21,22)/t14-/m0/s1. The van der Waals surface area contributed by atoms with Crippen LogP contribution in [0.5, 0.6) is 0 Å². The van der Waals surface area contributed by atoms with E-state index >= 15 is 0 Å². The molecule has 0 unspecified atom stereocenters. The Morgan fingerprint density at radius 1 is 1.00 bits per heavy atom. The summed E-state index contributed by atoms with van der Waals surface area (Å²) in [5.74, 6) is -0.354. The second-order valence-corrected chi connectivity index (χ2v) is 7.66. The van der Waals surface area contributed by atoms with Gasteiger partial charge in [-0.2, -0.15) is 0 Å². The van der Waals surface area contributed by atoms with Crippen molar-refractivity contribution in [3.05, 3.63) is 64.6 Å². The van der Waals surface area contributed by atoms with Crippen LogP contribution in [-0.2, 0) is 0 Å². The second kappa shape index (κ2) is 7.55. The summed E-state index contributed by atoms with van der Waals surface area (Å²) in [7, 11) is 0. The number of anilines is 1. The molecule has 0 aliphatic heterocycles. The molecule has 0 aliphatic carbocycles. The van der Waals surface area contributed by atoms with Crippen molar-refractivity contribution >= 4 is 62.3 Å². The molecule has 3 nitrogen and oxygen atoms in total. The Balaban J connectivity index is 2.17. The summed E-state index contributed by atoms with van der Waals surface area (Å²) in [5, 5.41) is 5.68. The van der Waals surface area contributed by atoms with Gasteiger partial charge in [0.25, 0.3) is 5.91 Å². The monoisotopic (exact) mass is 420 g/mol. The van der Waals surface area contributed by atoms with E-state index in [1.165, 1.54) is 0 Å². The van der Waals surface area contributed by atoms with Crippen LogP contribution in [0.2, 0.25) is 0 Å². The molecule has 0 bridgehead atoms. The summed E-state index contributed by atoms with van der Waals surface area (Å²) >= 11 is 21.2. The number of hydrogen-bond acceptors (Lipinski definition) is 2. The topological polar surface area (TPSA) is 41.1 Å². The number of rotatable bonds is 4. The first-order valence-corrected chi connectivity index (χ1v) is 8.24. The first-order chi connectivity index (χ1) is 10.4. The molecule has 0 aliphatic rings. The predicted molar refractivity (Wildman–Crippen MR) is 95.8 cm³/mol. The molecule has 22 heavy (non-hydrogen) atoms. The van der Waals surface area contributed by atoms with Gasteiger partial charge in [0.1, 0.15) is 6.17 Å². The zero-order valence-electron chi connectivity index (χ0n) is 11.2. The van der Waals surface area contributed by atoms with Gasteiger partial charge in [-0.05, 0) is 40.2 Å². The molecule has 1 atom stereocenters. The molecular formula is C15H12BrCl3N2O. The molecule has 2 aromatic rings. The molecule has 0 spiro atoms. The normalized spacial score (nSPS) is 12.5. The Morgan fingerprint density at radius 2 is 1.59 bits per heavy atom. The van der Waals surface area contributed by atoms with Crippen molar-refractivity contribution in [1.29, 1.82) is 0 Å². The van der Waals surface area contributed by atoms with Crippen molar-refractivity contribution in [1.82, 2.24) is 5.32 Å². The van der Waals surface area contributed by atoms with E-state index in [1.807, 2.05) is 36.4 Å². The number of carbonyl (C=O) groups is 1. The van der Waals surface area contributed by atoms with Gasteiger partial charge in [0, 0.05) is 10.2 Å². The van der Waals surface area contributed by atoms with Crippen molar-refractivity contribution < 1.29 is 4.79 Å². The maximum absolute atomic E-state index is 12.4. The summed E-state index contributed by atoms with van der Waals surface area (Å²) in [4.78, 5) is 12.4. The molecule has 0 saturated heterocycles. The number of amides is 1. The van der Waals surface area contributed by atoms with Crippen molar-refractivity contribution in [3.63, 3.8) is 0 Å². The van der Waals surface area contributed by atoms with E-state index in [1.54, 1.807) is 18.2 Å². The van der Waals surface area contributed by atoms with Crippen LogP contribution in [0.1, 0.15) is 10.4 Å². The Morgan fingerprint density at radius 3 is 2.18 bits per heavy atom. The van der Waals surface area contributed by atoms with E-state index < -0.39 is 9.96 Å². The molecular weight excluding hydrogens is 410 g/mol. The van der Waals surface area contributed by atoms with Crippen molar-refractivity contribution in [2.24, 2.45) is 0 Å². The quantitative estimate of drug-likeness (QED) is 0.539. The zero-order chi connectivity index (χ0) is 16.2. The molecule has 0 saturated carbocycles. The predicted octanol–water partition coefficient (Wildman–Crippen LogP) is 4.99. The van der Waals surface area contributed by atoms with E-state index in [-0.39, 0.29) is 5.91 Å². The number of benzene rings is 2. The molecule has 2 aromatic carbocycles. The average Bonchev–Trinajstić information content (AvgIpc) is 2.47. The summed E-state index contributed by atoms with van der Waals surface area (Å²) in [6, 6.07) is 16.2. The van der Waals surface area contributed by atoms with E-state index in [9.17, 15) is 4.79 Å². The van der Waals surface area contributed by atoms with Crippen molar-refractivity contribution in [3.8, 4) is 0 Å². The Kier molecular flexibility index (Phi) is 5.98. The van der Waals surface area contributed by atoms with Crippen LogP contribution in [0.25, 0.3) is 0 Å². The van der Waals surface area contributed by atoms with Crippen molar-refractivity contribution in [2.45, 2.75) is 9.96 Å². The van der Waals surface area contributed by atoms with E-state index in [4.69, 9.17) is 34.8 Å². The summed E-state index contributed by atoms with van der Waals surface area (Å²) in [6.07, 6.45) is -0.889. The lowest BCUT2D eigenvalue weighted by molar-refractivity contribution is 0.0941. The number of halogens is 4. The van der Waals surface area contributed by atoms with Gasteiger partial charge in [-0.1, -0.05) is 65.1 Å². The minimum absolute atomic E-state index is 0.354. The van der Waals surface area contributed by atoms with Crippen molar-refractivity contribution in [2.75, 3.05) is 5.32 Å². The molecule has 0 radical (unpaired) electrons. The molecule has 2 N–H and O–H groups in total. The van der Waals surface area contributed by atoms with E-state index in [2.05, 4.69) is 26.6 Å². The lowest BCUT2D eigenvalue weighted by atomic mass is 10.2. The Labute approximate surface area is 152 Å². The van der Waals surface area contributed by atoms with Gasteiger partial charge in [-0.25, -0.2) is 0 Å². The largest absolute Gasteiger partial charge is 0.362 e. The van der Waals surface area contributed by atoms with Gasteiger partial charge >= 0.3 is 0 Å². The highest BCUT2D eigenvalue weighted by Gasteiger charge is 2.34. The van der Waals surface area contributed by atoms with Gasteiger partial charge in [-0.15, -0.1) is 0 Å². The van der Waals surface area contributed by atoms with Crippen LogP contribution >= 0.6 is 50.7 Å². The van der Waals surface area contributed by atoms with Gasteiger partial charge in [-0.3, -0.25) is 4.79 Å². The first kappa shape index (κ1) is 17.4. The highest BCUT2D eigenvalue weighted by molar-refractivity contribution is 9.10. The maximum Gasteiger partial charge on any atom is 0.254 e. The number of nitrogens with one attached hydrogen (secondary N) is 2. The third-order valence-electron chi connectivity index (χ3n) is 2.81. The molecule has 116 valence electrons. The number of para-hydroxylation sites is 1. The Hall–Kier alpha value is -0.940. The van der Waals surface area contributed by atoms with Gasteiger partial charge in [0.15, 0.2) is 0 Å². The lowest BCUT2D eigenvalue weighted by Gasteiger charge is -2.27. The highest BCUT2D eigenvalue weighted by atomic mass is 79.9. The number of hydrogen-bond donors (Lipinski definition) is 2. The maximum atomic E-state index is 12.4. The van der Waals surface area contributed by atoms with Crippen LogP contribution in [-0.4, -0.2) is 15.9 Å². The van der Waals surface area contributed by atoms with Gasteiger partial charge in [0.05, 0.1) is 5.56 Å². The third-order valence-corrected chi connectivity index (χ3v) is 4.15. The highest BCUT2D eigenvalue weighted by Crippen LogP contribution is 2.31. The van der Waals surface area contributed by atoms with Gasteiger partial charge < -0.3 is 10.6 Å². The zero-order valence-corrected chi connectivity index (χ0v) is 15.0. The fourth-order valence-electron chi connectivity index (χ4n) is 1.75. The Bertz CT molecular complexity index is 647. The summed E-state index contributed by atoms with van der Waals surface area (Å²) < 4.78 is -1.05. The molecule has 0 heterocycles. The minimum Gasteiger partial charge on any atom is -0.362 e. The second-order valence-electron chi connectivity index (χ2n) is 4.44. The molecule has 0 aromatic heterocycles. The first-order valence-electron chi connectivity index (χ1n) is 6.31. The molecule has 0 fully saturated rings. The SMILES string of the molecule is O=C(N[C@H](Nc1ccccc1)C(Cl)(Cl)Cl)c1ccccc1Br. The van der Waals surface area contributed by atoms with Crippen LogP contribution < -0.4 is 10.6 Å². The molecule has 2 rings (SSSR count). The smallest absolute Gasteiger partial charge is 0.254 e. The fraction of sp³-hybridized carbons (Fsp3) is 0.133. The molecule has 7 heteroatoms. The van der Waals surface area contributed by atoms with E-state index in [0.717, 1.165) is 5.69 Å². The van der Waals surface area contributed by atoms with Crippen LogP contribution in [0.3, 0.4) is 0 Å². The van der Waals surface area contributed by atoms with E-state index in [0.29, 0.717) is 10.0 Å². The summed E-state index contributed by atoms with van der Waals surface area (Å²) in [6.45, 7) is 0. The summed E-state index contributed by atoms with van der Waals surface area (Å²) in [5.41, 5.74) is 1.18. The number of alkyl halides is 3.